The summed E-state index contributed by atoms with van der Waals surface area (Å²) in [7, 11) is 0. The van der Waals surface area contributed by atoms with E-state index in [0.717, 1.165) is 0 Å². The van der Waals surface area contributed by atoms with E-state index in [-0.39, 0.29) is 29.6 Å². The molecule has 0 aliphatic rings. The molecule has 6 nitrogen and oxygen atoms in total. The number of carboxylic acid groups (broad SMARTS) is 1. The first-order valence-corrected chi connectivity index (χ1v) is 3.39. The van der Waals surface area contributed by atoms with E-state index in [1.54, 1.807) is 0 Å². The number of aliphatic carboxylic acids is 1. The molecule has 73 valence electrons. The largest absolute Gasteiger partial charge is 0.480 e. The number of nitrogens with one attached hydrogen (secondary N) is 1. The number of aliphatic hydroxyl groups excluding tert-OH is 3. The summed E-state index contributed by atoms with van der Waals surface area (Å²) in [6, 6.07) is 0. The Morgan fingerprint density at radius 2 is 1.54 bits per heavy atom. The summed E-state index contributed by atoms with van der Waals surface area (Å²) in [6.07, 6.45) is 0. The quantitative estimate of drug-likeness (QED) is 0.293. The van der Waals surface area contributed by atoms with Crippen LogP contribution in [0.5, 0.6) is 0 Å². The molecule has 0 aromatic heterocycles. The van der Waals surface area contributed by atoms with Crippen molar-refractivity contribution in [3.8, 4) is 0 Å². The first-order chi connectivity index (χ1) is 5.60. The van der Waals surface area contributed by atoms with Gasteiger partial charge < -0.3 is 20.4 Å². The van der Waals surface area contributed by atoms with Crippen LogP contribution in [0, 0.1) is 0 Å². The number of hydrogen-bond donors (Lipinski definition) is 5. The van der Waals surface area contributed by atoms with E-state index in [4.69, 9.17) is 20.4 Å². The van der Waals surface area contributed by atoms with Gasteiger partial charge in [0.1, 0.15) is 0 Å². The van der Waals surface area contributed by atoms with Crippen LogP contribution < -0.4 is 5.32 Å². The number of hydrogen-bond acceptors (Lipinski definition) is 5. The number of carboxylic acids is 1. The zero-order valence-electron chi connectivity index (χ0n) is 7.53. The van der Waals surface area contributed by atoms with E-state index in [9.17, 15) is 4.79 Å². The summed E-state index contributed by atoms with van der Waals surface area (Å²) in [5.41, 5.74) is -1.31. The van der Waals surface area contributed by atoms with Crippen molar-refractivity contribution < 1.29 is 25.2 Å². The van der Waals surface area contributed by atoms with Crippen LogP contribution in [-0.2, 0) is 4.79 Å². The van der Waals surface area contributed by atoms with Gasteiger partial charge in [-0.15, -0.1) is 0 Å². The molecule has 0 amide bonds. The van der Waals surface area contributed by atoms with Crippen molar-refractivity contribution in [3.05, 3.63) is 0 Å². The number of rotatable bonds is 6. The third-order valence-electron chi connectivity index (χ3n) is 1.52. The Bertz CT molecular complexity index is 142. The summed E-state index contributed by atoms with van der Waals surface area (Å²) in [5, 5.41) is 36.7. The first kappa shape index (κ1) is 15.8. The number of carbonyl (C=O) groups is 1. The van der Waals surface area contributed by atoms with Gasteiger partial charge in [0, 0.05) is 29.6 Å². The van der Waals surface area contributed by atoms with Gasteiger partial charge in [0.2, 0.25) is 0 Å². The van der Waals surface area contributed by atoms with Crippen molar-refractivity contribution in [1.29, 1.82) is 0 Å². The summed E-state index contributed by atoms with van der Waals surface area (Å²) >= 11 is 0. The second-order valence-corrected chi connectivity index (χ2v) is 2.50. The Balaban J connectivity index is 0. The van der Waals surface area contributed by atoms with Crippen LogP contribution in [0.4, 0.5) is 0 Å². The minimum atomic E-state index is -1.31. The Morgan fingerprint density at radius 1 is 1.15 bits per heavy atom. The van der Waals surface area contributed by atoms with Crippen LogP contribution in [0.25, 0.3) is 0 Å². The number of aliphatic hydroxyl groups is 3. The minimum absolute atomic E-state index is 0. The molecule has 0 saturated heterocycles. The fraction of sp³-hybridized carbons (Fsp3) is 0.833. The molecule has 0 saturated carbocycles. The van der Waals surface area contributed by atoms with Crippen molar-refractivity contribution in [3.63, 3.8) is 0 Å². The molecule has 0 heterocycles. The summed E-state index contributed by atoms with van der Waals surface area (Å²) in [6.45, 7) is -1.98. The first-order valence-electron chi connectivity index (χ1n) is 3.39. The maximum absolute atomic E-state index is 10.1. The molecule has 0 aliphatic carbocycles. The molecule has 0 spiro atoms. The standard InChI is InChI=1S/C6H13NO5.Na/c8-2-6(3-9,4-10)7-1-5(11)12;/h7-10H,1-4H2,(H,11,12);. The van der Waals surface area contributed by atoms with Gasteiger partial charge in [0.05, 0.1) is 31.9 Å². The van der Waals surface area contributed by atoms with E-state index in [0.29, 0.717) is 0 Å². The molecule has 13 heavy (non-hydrogen) atoms. The molecule has 1 radical (unpaired) electrons. The zero-order valence-corrected chi connectivity index (χ0v) is 9.53. The molecule has 0 unspecified atom stereocenters. The molecule has 5 N–H and O–H groups in total. The molecule has 0 atom stereocenters. The second kappa shape index (κ2) is 7.69. The van der Waals surface area contributed by atoms with Crippen molar-refractivity contribution in [2.45, 2.75) is 5.54 Å². The molecule has 0 aromatic rings. The Labute approximate surface area is 97.9 Å². The average Bonchev–Trinajstić information content (AvgIpc) is 2.08. The predicted octanol–water partition coefficient (Wildman–Crippen LogP) is -3.00. The maximum atomic E-state index is 10.1. The summed E-state index contributed by atoms with van der Waals surface area (Å²) < 4.78 is 0. The van der Waals surface area contributed by atoms with Gasteiger partial charge >= 0.3 is 5.97 Å². The SMILES string of the molecule is O=C(O)CNC(CO)(CO)CO.[Na]. The van der Waals surface area contributed by atoms with Gasteiger partial charge in [-0.05, 0) is 0 Å². The monoisotopic (exact) mass is 202 g/mol. The van der Waals surface area contributed by atoms with Gasteiger partial charge in [0.25, 0.3) is 0 Å². The minimum Gasteiger partial charge on any atom is -0.480 e. The second-order valence-electron chi connectivity index (χ2n) is 2.50. The summed E-state index contributed by atoms with van der Waals surface area (Å²) in [4.78, 5) is 10.1. The van der Waals surface area contributed by atoms with Crippen LogP contribution in [0.1, 0.15) is 0 Å². The van der Waals surface area contributed by atoms with Gasteiger partial charge in [-0.2, -0.15) is 0 Å². The fourth-order valence-electron chi connectivity index (χ4n) is 0.581. The average molecular weight is 202 g/mol. The van der Waals surface area contributed by atoms with E-state index in [1.807, 2.05) is 0 Å². The van der Waals surface area contributed by atoms with Crippen LogP contribution in [0.2, 0.25) is 0 Å². The van der Waals surface area contributed by atoms with Gasteiger partial charge in [-0.3, -0.25) is 10.1 Å². The Hall–Kier alpha value is 0.310. The van der Waals surface area contributed by atoms with Crippen molar-refractivity contribution in [1.82, 2.24) is 5.32 Å². The molecule has 0 bridgehead atoms. The molecular formula is C6H13NNaO5. The topological polar surface area (TPSA) is 110 Å². The summed E-state index contributed by atoms with van der Waals surface area (Å²) in [5.74, 6) is -1.12. The maximum Gasteiger partial charge on any atom is 0.317 e. The van der Waals surface area contributed by atoms with E-state index in [2.05, 4.69) is 5.32 Å². The van der Waals surface area contributed by atoms with Crippen molar-refractivity contribution in [2.24, 2.45) is 0 Å². The molecule has 0 rings (SSSR count). The van der Waals surface area contributed by atoms with E-state index in [1.165, 1.54) is 0 Å². The van der Waals surface area contributed by atoms with Crippen molar-refractivity contribution in [2.75, 3.05) is 26.4 Å². The predicted molar refractivity (Wildman–Crippen MR) is 45.4 cm³/mol. The molecule has 7 heteroatoms. The normalized spacial score (nSPS) is 10.7. The molecular weight excluding hydrogens is 189 g/mol. The van der Waals surface area contributed by atoms with Crippen LogP contribution in [-0.4, -0.2) is 87.9 Å². The van der Waals surface area contributed by atoms with Crippen LogP contribution in [0.15, 0.2) is 0 Å². The van der Waals surface area contributed by atoms with Gasteiger partial charge in [0.15, 0.2) is 0 Å². The van der Waals surface area contributed by atoms with Crippen LogP contribution in [0.3, 0.4) is 0 Å². The van der Waals surface area contributed by atoms with Crippen molar-refractivity contribution >= 4 is 35.5 Å². The van der Waals surface area contributed by atoms with Crippen LogP contribution >= 0.6 is 0 Å². The van der Waals surface area contributed by atoms with Gasteiger partial charge in [-0.25, -0.2) is 0 Å². The fourth-order valence-corrected chi connectivity index (χ4v) is 0.581. The third kappa shape index (κ3) is 5.58. The molecule has 0 aliphatic heterocycles. The smallest absolute Gasteiger partial charge is 0.317 e. The van der Waals surface area contributed by atoms with Gasteiger partial charge in [-0.1, -0.05) is 0 Å². The van der Waals surface area contributed by atoms with E-state index < -0.39 is 37.9 Å². The Morgan fingerprint density at radius 3 is 1.77 bits per heavy atom. The van der Waals surface area contributed by atoms with E-state index >= 15 is 0 Å². The molecule has 0 aromatic carbocycles. The third-order valence-corrected chi connectivity index (χ3v) is 1.52. The molecule has 0 fully saturated rings. The Kier molecular flexibility index (Phi) is 9.33. The zero-order chi connectivity index (χ0) is 9.61.